The van der Waals surface area contributed by atoms with Crippen LogP contribution >= 0.6 is 0 Å². The summed E-state index contributed by atoms with van der Waals surface area (Å²) in [5, 5.41) is 2.63. The molecule has 8 heteroatoms. The first-order valence-electron chi connectivity index (χ1n) is 8.01. The monoisotopic (exact) mass is 388 g/mol. The first-order valence-corrected chi connectivity index (χ1v) is 9.50. The Kier molecular flexibility index (Phi) is 5.00. The Hall–Kier alpha value is -3.13. The SMILES string of the molecule is Cc1ccc(NC(=O)c2ccoc2C)cc1S(=O)(=O)Nc1ccccc1F. The van der Waals surface area contributed by atoms with Gasteiger partial charge in [-0.05, 0) is 49.7 Å². The van der Waals surface area contributed by atoms with Gasteiger partial charge in [-0.3, -0.25) is 9.52 Å². The van der Waals surface area contributed by atoms with Crippen LogP contribution in [0.2, 0.25) is 0 Å². The third-order valence-corrected chi connectivity index (χ3v) is 5.46. The number of anilines is 2. The summed E-state index contributed by atoms with van der Waals surface area (Å²) in [5.41, 5.74) is 0.946. The van der Waals surface area contributed by atoms with Gasteiger partial charge in [-0.25, -0.2) is 12.8 Å². The largest absolute Gasteiger partial charge is 0.469 e. The van der Waals surface area contributed by atoms with Crippen LogP contribution in [0.15, 0.2) is 64.1 Å². The van der Waals surface area contributed by atoms with Crippen molar-refractivity contribution in [2.45, 2.75) is 18.7 Å². The Morgan fingerprint density at radius 3 is 2.48 bits per heavy atom. The zero-order chi connectivity index (χ0) is 19.6. The van der Waals surface area contributed by atoms with E-state index in [1.165, 1.54) is 36.6 Å². The van der Waals surface area contributed by atoms with Crippen molar-refractivity contribution in [2.24, 2.45) is 0 Å². The van der Waals surface area contributed by atoms with Crippen LogP contribution in [-0.2, 0) is 10.0 Å². The predicted molar refractivity (Wildman–Crippen MR) is 99.8 cm³/mol. The highest BCUT2D eigenvalue weighted by molar-refractivity contribution is 7.92. The number of furan rings is 1. The Balaban J connectivity index is 1.90. The van der Waals surface area contributed by atoms with Crippen LogP contribution in [0.25, 0.3) is 0 Å². The van der Waals surface area contributed by atoms with E-state index < -0.39 is 21.7 Å². The summed E-state index contributed by atoms with van der Waals surface area (Å²) >= 11 is 0. The third kappa shape index (κ3) is 4.01. The van der Waals surface area contributed by atoms with E-state index in [1.54, 1.807) is 26.0 Å². The van der Waals surface area contributed by atoms with Crippen LogP contribution in [0.4, 0.5) is 15.8 Å². The molecule has 3 rings (SSSR count). The molecule has 0 saturated heterocycles. The molecule has 0 radical (unpaired) electrons. The molecule has 1 amide bonds. The van der Waals surface area contributed by atoms with E-state index >= 15 is 0 Å². The number of amides is 1. The lowest BCUT2D eigenvalue weighted by atomic mass is 10.2. The van der Waals surface area contributed by atoms with Gasteiger partial charge in [0.1, 0.15) is 11.6 Å². The molecule has 6 nitrogen and oxygen atoms in total. The van der Waals surface area contributed by atoms with Gasteiger partial charge in [0.2, 0.25) is 0 Å². The van der Waals surface area contributed by atoms with Crippen molar-refractivity contribution in [1.82, 2.24) is 0 Å². The molecule has 0 spiro atoms. The molecular weight excluding hydrogens is 371 g/mol. The van der Waals surface area contributed by atoms with Crippen LogP contribution in [-0.4, -0.2) is 14.3 Å². The van der Waals surface area contributed by atoms with Crippen molar-refractivity contribution in [3.63, 3.8) is 0 Å². The number of para-hydroxylation sites is 1. The predicted octanol–water partition coefficient (Wildman–Crippen LogP) is 4.09. The topological polar surface area (TPSA) is 88.4 Å². The standard InChI is InChI=1S/C19H17FN2O4S/c1-12-7-8-14(21-19(23)15-9-10-26-13(15)2)11-18(12)27(24,25)22-17-6-4-3-5-16(17)20/h3-11,22H,1-2H3,(H,21,23). The average Bonchev–Trinajstić information content (AvgIpc) is 3.04. The quantitative estimate of drug-likeness (QED) is 0.689. The molecule has 0 bridgehead atoms. The molecule has 0 aliphatic rings. The molecule has 0 saturated carbocycles. The number of nitrogens with one attached hydrogen (secondary N) is 2. The molecule has 0 unspecified atom stereocenters. The summed E-state index contributed by atoms with van der Waals surface area (Å²) in [6, 6.07) is 11.5. The summed E-state index contributed by atoms with van der Waals surface area (Å²) in [6.45, 7) is 3.26. The van der Waals surface area contributed by atoms with Crippen molar-refractivity contribution in [2.75, 3.05) is 10.0 Å². The maximum atomic E-state index is 13.8. The number of carbonyl (C=O) groups excluding carboxylic acids is 1. The Morgan fingerprint density at radius 1 is 1.07 bits per heavy atom. The lowest BCUT2D eigenvalue weighted by molar-refractivity contribution is 0.102. The summed E-state index contributed by atoms with van der Waals surface area (Å²) in [5.74, 6) is -0.650. The average molecular weight is 388 g/mol. The van der Waals surface area contributed by atoms with Crippen LogP contribution in [0.1, 0.15) is 21.7 Å². The minimum Gasteiger partial charge on any atom is -0.469 e. The van der Waals surface area contributed by atoms with Crippen molar-refractivity contribution < 1.29 is 22.0 Å². The highest BCUT2D eigenvalue weighted by Gasteiger charge is 2.20. The third-order valence-electron chi connectivity index (χ3n) is 3.96. The summed E-state index contributed by atoms with van der Waals surface area (Å²) in [6.07, 6.45) is 1.40. The molecular formula is C19H17FN2O4S. The number of aryl methyl sites for hydroxylation is 2. The number of hydrogen-bond acceptors (Lipinski definition) is 4. The zero-order valence-corrected chi connectivity index (χ0v) is 15.4. The van der Waals surface area contributed by atoms with Gasteiger partial charge in [-0.2, -0.15) is 0 Å². The molecule has 27 heavy (non-hydrogen) atoms. The molecule has 1 aromatic heterocycles. The lowest BCUT2D eigenvalue weighted by Crippen LogP contribution is -2.17. The van der Waals surface area contributed by atoms with Gasteiger partial charge < -0.3 is 9.73 Å². The molecule has 0 aliphatic carbocycles. The number of halogens is 1. The fraction of sp³-hybridized carbons (Fsp3) is 0.105. The second kappa shape index (κ2) is 7.24. The number of carbonyl (C=O) groups is 1. The van der Waals surface area contributed by atoms with E-state index in [2.05, 4.69) is 10.0 Å². The number of benzene rings is 2. The van der Waals surface area contributed by atoms with Crippen LogP contribution in [0.3, 0.4) is 0 Å². The molecule has 0 fully saturated rings. The Bertz CT molecular complexity index is 1110. The Labute approximate surface area is 156 Å². The van der Waals surface area contributed by atoms with Gasteiger partial charge in [0.25, 0.3) is 15.9 Å². The molecule has 0 aliphatic heterocycles. The fourth-order valence-corrected chi connectivity index (χ4v) is 3.87. The fourth-order valence-electron chi connectivity index (χ4n) is 2.53. The first kappa shape index (κ1) is 18.7. The van der Waals surface area contributed by atoms with E-state index in [-0.39, 0.29) is 10.6 Å². The minimum absolute atomic E-state index is 0.0625. The van der Waals surface area contributed by atoms with Gasteiger partial charge in [0.15, 0.2) is 0 Å². The molecule has 140 valence electrons. The van der Waals surface area contributed by atoms with E-state index in [0.29, 0.717) is 22.6 Å². The number of rotatable bonds is 5. The van der Waals surface area contributed by atoms with E-state index in [9.17, 15) is 17.6 Å². The van der Waals surface area contributed by atoms with Crippen LogP contribution < -0.4 is 10.0 Å². The van der Waals surface area contributed by atoms with Gasteiger partial charge in [0, 0.05) is 5.69 Å². The van der Waals surface area contributed by atoms with E-state index in [1.807, 2.05) is 0 Å². The lowest BCUT2D eigenvalue weighted by Gasteiger charge is -2.13. The van der Waals surface area contributed by atoms with Gasteiger partial charge in [0.05, 0.1) is 22.4 Å². The van der Waals surface area contributed by atoms with Crippen molar-refractivity contribution in [3.8, 4) is 0 Å². The van der Waals surface area contributed by atoms with Gasteiger partial charge in [-0.1, -0.05) is 18.2 Å². The normalized spacial score (nSPS) is 11.2. The minimum atomic E-state index is -4.05. The second-order valence-corrected chi connectivity index (χ2v) is 7.56. The van der Waals surface area contributed by atoms with Crippen molar-refractivity contribution in [3.05, 3.63) is 77.5 Å². The first-order chi connectivity index (χ1) is 12.8. The molecule has 1 heterocycles. The van der Waals surface area contributed by atoms with Gasteiger partial charge in [-0.15, -0.1) is 0 Å². The molecule has 3 aromatic rings. The highest BCUT2D eigenvalue weighted by atomic mass is 32.2. The number of sulfonamides is 1. The maximum Gasteiger partial charge on any atom is 0.262 e. The van der Waals surface area contributed by atoms with Crippen molar-refractivity contribution >= 4 is 27.3 Å². The van der Waals surface area contributed by atoms with Crippen LogP contribution in [0.5, 0.6) is 0 Å². The smallest absolute Gasteiger partial charge is 0.262 e. The number of hydrogen-bond donors (Lipinski definition) is 2. The Morgan fingerprint density at radius 2 is 1.81 bits per heavy atom. The summed E-state index contributed by atoms with van der Waals surface area (Å²) < 4.78 is 46.5. The van der Waals surface area contributed by atoms with E-state index in [0.717, 1.165) is 6.07 Å². The van der Waals surface area contributed by atoms with Crippen LogP contribution in [0, 0.1) is 19.7 Å². The highest BCUT2D eigenvalue weighted by Crippen LogP contribution is 2.24. The zero-order valence-electron chi connectivity index (χ0n) is 14.6. The molecule has 0 atom stereocenters. The molecule has 2 N–H and O–H groups in total. The molecule has 2 aromatic carbocycles. The maximum absolute atomic E-state index is 13.8. The second-order valence-electron chi connectivity index (χ2n) is 5.91. The van der Waals surface area contributed by atoms with E-state index in [4.69, 9.17) is 4.42 Å². The summed E-state index contributed by atoms with van der Waals surface area (Å²) in [7, 11) is -4.05. The van der Waals surface area contributed by atoms with Crippen molar-refractivity contribution in [1.29, 1.82) is 0 Å². The van der Waals surface area contributed by atoms with Gasteiger partial charge >= 0.3 is 0 Å². The summed E-state index contributed by atoms with van der Waals surface area (Å²) in [4.78, 5) is 12.2.